The van der Waals surface area contributed by atoms with Crippen molar-refractivity contribution in [3.8, 4) is 11.5 Å². The van der Waals surface area contributed by atoms with Crippen molar-refractivity contribution >= 4 is 10.8 Å². The van der Waals surface area contributed by atoms with Crippen LogP contribution in [0, 0.1) is 0 Å². The molecule has 0 atom stereocenters. The van der Waals surface area contributed by atoms with Gasteiger partial charge in [-0.1, -0.05) is 23.8 Å². The molecule has 0 amide bonds. The van der Waals surface area contributed by atoms with Crippen molar-refractivity contribution in [2.75, 3.05) is 0 Å². The van der Waals surface area contributed by atoms with Gasteiger partial charge in [-0.3, -0.25) is 0 Å². The van der Waals surface area contributed by atoms with Crippen LogP contribution in [0.15, 0.2) is 42.0 Å². The molecule has 0 radical (unpaired) electrons. The van der Waals surface area contributed by atoms with E-state index < -0.39 is 0 Å². The smallest absolute Gasteiger partial charge is 0.123 e. The zero-order valence-corrected chi connectivity index (χ0v) is 10.8. The predicted molar refractivity (Wildman–Crippen MR) is 75.0 cm³/mol. The Hall–Kier alpha value is -1.96. The molecular formula is C16H18O2. The van der Waals surface area contributed by atoms with E-state index in [1.54, 1.807) is 0 Å². The van der Waals surface area contributed by atoms with Gasteiger partial charge in [0, 0.05) is 10.8 Å². The summed E-state index contributed by atoms with van der Waals surface area (Å²) in [5, 5.41) is 20.9. The molecule has 0 spiro atoms. The van der Waals surface area contributed by atoms with Gasteiger partial charge in [0.2, 0.25) is 0 Å². The molecule has 2 nitrogen and oxygen atoms in total. The molecule has 0 aliphatic carbocycles. The summed E-state index contributed by atoms with van der Waals surface area (Å²) in [4.78, 5) is 0. The number of rotatable bonds is 3. The maximum atomic E-state index is 9.81. The Bertz CT molecular complexity index is 593. The summed E-state index contributed by atoms with van der Waals surface area (Å²) in [6.07, 6.45) is 4.14. The SMILES string of the molecule is CC(C)=CCCc1ccc2c(O)ccc(O)c2c1. The van der Waals surface area contributed by atoms with Crippen LogP contribution in [0.25, 0.3) is 10.8 Å². The summed E-state index contributed by atoms with van der Waals surface area (Å²) >= 11 is 0. The van der Waals surface area contributed by atoms with Gasteiger partial charge in [-0.25, -0.2) is 0 Å². The highest BCUT2D eigenvalue weighted by molar-refractivity contribution is 5.93. The number of phenols is 2. The fourth-order valence-electron chi connectivity index (χ4n) is 2.05. The molecule has 2 rings (SSSR count). The highest BCUT2D eigenvalue weighted by atomic mass is 16.3. The Balaban J connectivity index is 2.32. The molecule has 0 aliphatic heterocycles. The van der Waals surface area contributed by atoms with E-state index in [0.717, 1.165) is 12.8 Å². The monoisotopic (exact) mass is 242 g/mol. The molecule has 0 bridgehead atoms. The average molecular weight is 242 g/mol. The molecule has 2 heteroatoms. The van der Waals surface area contributed by atoms with Crippen molar-refractivity contribution in [3.05, 3.63) is 47.5 Å². The van der Waals surface area contributed by atoms with Crippen LogP contribution in [0.3, 0.4) is 0 Å². The van der Waals surface area contributed by atoms with Crippen LogP contribution in [0.1, 0.15) is 25.8 Å². The molecule has 0 unspecified atom stereocenters. The van der Waals surface area contributed by atoms with Crippen LogP contribution in [-0.4, -0.2) is 10.2 Å². The lowest BCUT2D eigenvalue weighted by Crippen LogP contribution is -1.85. The average Bonchev–Trinajstić information content (AvgIpc) is 2.34. The van der Waals surface area contributed by atoms with Gasteiger partial charge in [0.1, 0.15) is 11.5 Å². The van der Waals surface area contributed by atoms with Crippen LogP contribution in [-0.2, 0) is 6.42 Å². The van der Waals surface area contributed by atoms with Gasteiger partial charge in [-0.15, -0.1) is 0 Å². The number of benzene rings is 2. The van der Waals surface area contributed by atoms with E-state index in [2.05, 4.69) is 19.9 Å². The molecule has 2 aromatic carbocycles. The Labute approximate surface area is 107 Å². The summed E-state index contributed by atoms with van der Waals surface area (Å²) in [6, 6.07) is 8.85. The minimum atomic E-state index is 0.207. The van der Waals surface area contributed by atoms with Crippen LogP contribution in [0.4, 0.5) is 0 Å². The first-order valence-corrected chi connectivity index (χ1v) is 6.15. The molecule has 0 aliphatic rings. The largest absolute Gasteiger partial charge is 0.507 e. The normalized spacial score (nSPS) is 10.6. The number of hydrogen-bond acceptors (Lipinski definition) is 2. The van der Waals surface area contributed by atoms with Gasteiger partial charge in [-0.2, -0.15) is 0 Å². The van der Waals surface area contributed by atoms with E-state index in [4.69, 9.17) is 0 Å². The number of fused-ring (bicyclic) bond motifs is 1. The topological polar surface area (TPSA) is 40.5 Å². The Morgan fingerprint density at radius 3 is 2.33 bits per heavy atom. The lowest BCUT2D eigenvalue weighted by Gasteiger charge is -2.06. The number of phenolic OH excluding ortho intramolecular Hbond substituents is 2. The summed E-state index contributed by atoms with van der Waals surface area (Å²) in [5.41, 5.74) is 2.48. The summed E-state index contributed by atoms with van der Waals surface area (Å²) in [5.74, 6) is 0.422. The zero-order valence-electron chi connectivity index (χ0n) is 10.8. The number of hydrogen-bond donors (Lipinski definition) is 2. The Morgan fingerprint density at radius 2 is 1.67 bits per heavy atom. The second kappa shape index (κ2) is 5.13. The molecule has 2 aromatic rings. The quantitative estimate of drug-likeness (QED) is 0.627. The first-order valence-electron chi connectivity index (χ1n) is 6.15. The molecular weight excluding hydrogens is 224 g/mol. The summed E-state index contributed by atoms with van der Waals surface area (Å²) in [6.45, 7) is 4.18. The molecule has 0 saturated heterocycles. The summed E-state index contributed by atoms with van der Waals surface area (Å²) in [7, 11) is 0. The lowest BCUT2D eigenvalue weighted by atomic mass is 10.0. The standard InChI is InChI=1S/C16H18O2/c1-11(2)4-3-5-12-6-7-13-14(10-12)16(18)9-8-15(13)17/h4,6-10,17-18H,3,5H2,1-2H3. The minimum Gasteiger partial charge on any atom is -0.507 e. The highest BCUT2D eigenvalue weighted by Crippen LogP contribution is 2.32. The molecule has 0 aromatic heterocycles. The minimum absolute atomic E-state index is 0.207. The van der Waals surface area contributed by atoms with E-state index in [1.807, 2.05) is 18.2 Å². The third-order valence-electron chi connectivity index (χ3n) is 3.02. The van der Waals surface area contributed by atoms with Gasteiger partial charge in [0.15, 0.2) is 0 Å². The third-order valence-corrected chi connectivity index (χ3v) is 3.02. The fraction of sp³-hybridized carbons (Fsp3) is 0.250. The Morgan fingerprint density at radius 1 is 1.00 bits per heavy atom. The van der Waals surface area contributed by atoms with Crippen molar-refractivity contribution in [3.63, 3.8) is 0 Å². The molecule has 94 valence electrons. The van der Waals surface area contributed by atoms with Gasteiger partial charge in [0.05, 0.1) is 0 Å². The number of aryl methyl sites for hydroxylation is 1. The van der Waals surface area contributed by atoms with E-state index in [0.29, 0.717) is 10.8 Å². The van der Waals surface area contributed by atoms with Crippen LogP contribution in [0.5, 0.6) is 11.5 Å². The van der Waals surface area contributed by atoms with E-state index in [1.165, 1.54) is 23.3 Å². The third kappa shape index (κ3) is 2.65. The second-order valence-corrected chi connectivity index (χ2v) is 4.80. The predicted octanol–water partition coefficient (Wildman–Crippen LogP) is 4.15. The van der Waals surface area contributed by atoms with E-state index >= 15 is 0 Å². The molecule has 0 heterocycles. The molecule has 18 heavy (non-hydrogen) atoms. The van der Waals surface area contributed by atoms with Gasteiger partial charge in [-0.05, 0) is 50.5 Å². The highest BCUT2D eigenvalue weighted by Gasteiger charge is 2.05. The van der Waals surface area contributed by atoms with Crippen molar-refractivity contribution in [2.24, 2.45) is 0 Å². The fourth-order valence-corrected chi connectivity index (χ4v) is 2.05. The number of allylic oxidation sites excluding steroid dienone is 2. The first-order chi connectivity index (χ1) is 8.58. The maximum Gasteiger partial charge on any atom is 0.123 e. The lowest BCUT2D eigenvalue weighted by molar-refractivity contribution is 0.469. The van der Waals surface area contributed by atoms with Crippen molar-refractivity contribution in [1.29, 1.82) is 0 Å². The van der Waals surface area contributed by atoms with Gasteiger partial charge >= 0.3 is 0 Å². The van der Waals surface area contributed by atoms with Crippen LogP contribution < -0.4 is 0 Å². The molecule has 0 saturated carbocycles. The number of aromatic hydroxyl groups is 2. The molecule has 2 N–H and O–H groups in total. The molecule has 0 fully saturated rings. The zero-order chi connectivity index (χ0) is 13.1. The van der Waals surface area contributed by atoms with E-state index in [9.17, 15) is 10.2 Å². The second-order valence-electron chi connectivity index (χ2n) is 4.80. The maximum absolute atomic E-state index is 9.81. The Kier molecular flexibility index (Phi) is 3.56. The van der Waals surface area contributed by atoms with Crippen LogP contribution >= 0.6 is 0 Å². The van der Waals surface area contributed by atoms with Gasteiger partial charge in [0.25, 0.3) is 0 Å². The van der Waals surface area contributed by atoms with Crippen molar-refractivity contribution in [2.45, 2.75) is 26.7 Å². The summed E-state index contributed by atoms with van der Waals surface area (Å²) < 4.78 is 0. The van der Waals surface area contributed by atoms with E-state index in [-0.39, 0.29) is 11.5 Å². The van der Waals surface area contributed by atoms with Crippen molar-refractivity contribution in [1.82, 2.24) is 0 Å². The van der Waals surface area contributed by atoms with Gasteiger partial charge < -0.3 is 10.2 Å². The van der Waals surface area contributed by atoms with Crippen molar-refractivity contribution < 1.29 is 10.2 Å². The van der Waals surface area contributed by atoms with Crippen LogP contribution in [0.2, 0.25) is 0 Å². The first kappa shape index (κ1) is 12.5.